The lowest BCUT2D eigenvalue weighted by molar-refractivity contribution is 0.0499. The Kier molecular flexibility index (Phi) is 5.02. The fraction of sp³-hybridized carbons (Fsp3) is 0.600. The van der Waals surface area contributed by atoms with E-state index in [1.807, 2.05) is 12.1 Å². The average molecular weight is 250 g/mol. The molecule has 1 aliphatic rings. The van der Waals surface area contributed by atoms with Crippen molar-refractivity contribution < 1.29 is 14.6 Å². The molecule has 0 saturated carbocycles. The molecule has 0 spiro atoms. The van der Waals surface area contributed by atoms with Gasteiger partial charge in [-0.05, 0) is 30.5 Å². The van der Waals surface area contributed by atoms with Crippen LogP contribution in [0.15, 0.2) is 24.3 Å². The molecule has 1 aromatic rings. The van der Waals surface area contributed by atoms with Gasteiger partial charge < -0.3 is 14.6 Å². The molecule has 1 aliphatic heterocycles. The van der Waals surface area contributed by atoms with Crippen LogP contribution in [0.3, 0.4) is 0 Å². The number of benzene rings is 1. The fourth-order valence-corrected chi connectivity index (χ4v) is 2.21. The van der Waals surface area contributed by atoms with E-state index in [1.165, 1.54) is 5.56 Å². The van der Waals surface area contributed by atoms with Gasteiger partial charge in [0, 0.05) is 12.5 Å². The van der Waals surface area contributed by atoms with Crippen molar-refractivity contribution in [3.63, 3.8) is 0 Å². The lowest BCUT2D eigenvalue weighted by Gasteiger charge is -2.17. The van der Waals surface area contributed by atoms with Crippen LogP contribution in [-0.2, 0) is 11.2 Å². The summed E-state index contributed by atoms with van der Waals surface area (Å²) in [4.78, 5) is 0. The zero-order valence-electron chi connectivity index (χ0n) is 11.0. The van der Waals surface area contributed by atoms with Crippen LogP contribution in [0.25, 0.3) is 0 Å². The van der Waals surface area contributed by atoms with Gasteiger partial charge in [0.25, 0.3) is 0 Å². The molecule has 18 heavy (non-hydrogen) atoms. The monoisotopic (exact) mass is 250 g/mol. The summed E-state index contributed by atoms with van der Waals surface area (Å²) in [5.74, 6) is 1.05. The molecule has 3 nitrogen and oxygen atoms in total. The topological polar surface area (TPSA) is 38.7 Å². The van der Waals surface area contributed by atoms with Crippen molar-refractivity contribution in [3.05, 3.63) is 29.8 Å². The largest absolute Gasteiger partial charge is 0.491 e. The number of aliphatic hydroxyl groups excluding tert-OH is 1. The van der Waals surface area contributed by atoms with E-state index in [9.17, 15) is 5.11 Å². The van der Waals surface area contributed by atoms with Gasteiger partial charge in [0.2, 0.25) is 0 Å². The van der Waals surface area contributed by atoms with Gasteiger partial charge in [-0.1, -0.05) is 25.5 Å². The summed E-state index contributed by atoms with van der Waals surface area (Å²) in [7, 11) is 0. The first-order chi connectivity index (χ1) is 8.79. The zero-order chi connectivity index (χ0) is 12.8. The smallest absolute Gasteiger partial charge is 0.119 e. The predicted octanol–water partition coefficient (Wildman–Crippen LogP) is 2.42. The summed E-state index contributed by atoms with van der Waals surface area (Å²) < 4.78 is 10.9. The highest BCUT2D eigenvalue weighted by Crippen LogP contribution is 2.19. The third-order valence-corrected chi connectivity index (χ3v) is 3.39. The first-order valence-electron chi connectivity index (χ1n) is 6.77. The van der Waals surface area contributed by atoms with Crippen molar-refractivity contribution in [1.29, 1.82) is 0 Å². The van der Waals surface area contributed by atoms with Gasteiger partial charge in [-0.15, -0.1) is 0 Å². The maximum atomic E-state index is 9.94. The molecule has 100 valence electrons. The first kappa shape index (κ1) is 13.4. The average Bonchev–Trinajstić information content (AvgIpc) is 2.92. The summed E-state index contributed by atoms with van der Waals surface area (Å²) >= 11 is 0. The Hall–Kier alpha value is -1.06. The van der Waals surface area contributed by atoms with Gasteiger partial charge in [0.15, 0.2) is 0 Å². The molecule has 1 fully saturated rings. The van der Waals surface area contributed by atoms with E-state index in [1.54, 1.807) is 0 Å². The van der Waals surface area contributed by atoms with Gasteiger partial charge in [-0.25, -0.2) is 0 Å². The van der Waals surface area contributed by atoms with E-state index in [-0.39, 0.29) is 5.92 Å². The van der Waals surface area contributed by atoms with E-state index in [4.69, 9.17) is 9.47 Å². The Morgan fingerprint density at radius 2 is 2.17 bits per heavy atom. The Bertz CT molecular complexity index is 341. The molecule has 1 saturated heterocycles. The molecule has 1 N–H and O–H groups in total. The van der Waals surface area contributed by atoms with Crippen molar-refractivity contribution >= 4 is 0 Å². The lowest BCUT2D eigenvalue weighted by atomic mass is 10.0. The molecule has 1 heterocycles. The van der Waals surface area contributed by atoms with E-state index in [0.29, 0.717) is 13.2 Å². The van der Waals surface area contributed by atoms with Crippen LogP contribution in [0.1, 0.15) is 25.3 Å². The van der Waals surface area contributed by atoms with Crippen LogP contribution in [0, 0.1) is 5.92 Å². The van der Waals surface area contributed by atoms with Crippen LogP contribution in [0.4, 0.5) is 0 Å². The SMILES string of the molecule is CCCc1ccc(OCC(O)C2CCOC2)cc1. The number of hydrogen-bond donors (Lipinski definition) is 1. The van der Waals surface area contributed by atoms with Gasteiger partial charge in [-0.3, -0.25) is 0 Å². The Balaban J connectivity index is 1.78. The van der Waals surface area contributed by atoms with Crippen LogP contribution in [-0.4, -0.2) is 31.0 Å². The highest BCUT2D eigenvalue weighted by molar-refractivity contribution is 5.27. The van der Waals surface area contributed by atoms with Gasteiger partial charge in [-0.2, -0.15) is 0 Å². The second-order valence-electron chi connectivity index (χ2n) is 4.90. The quantitative estimate of drug-likeness (QED) is 0.842. The molecule has 0 radical (unpaired) electrons. The van der Waals surface area contributed by atoms with E-state index in [0.717, 1.165) is 31.6 Å². The number of aliphatic hydroxyl groups is 1. The molecular formula is C15H22O3. The van der Waals surface area contributed by atoms with Crippen LogP contribution in [0.5, 0.6) is 5.75 Å². The van der Waals surface area contributed by atoms with Crippen LogP contribution in [0.2, 0.25) is 0 Å². The minimum Gasteiger partial charge on any atom is -0.491 e. The third kappa shape index (κ3) is 3.72. The lowest BCUT2D eigenvalue weighted by Crippen LogP contribution is -2.27. The summed E-state index contributed by atoms with van der Waals surface area (Å²) in [6, 6.07) is 8.12. The Labute approximate surface area is 109 Å². The highest BCUT2D eigenvalue weighted by Gasteiger charge is 2.24. The number of rotatable bonds is 6. The Morgan fingerprint density at radius 1 is 1.39 bits per heavy atom. The molecule has 0 aliphatic carbocycles. The maximum Gasteiger partial charge on any atom is 0.119 e. The molecule has 0 bridgehead atoms. The van der Waals surface area contributed by atoms with Crippen molar-refractivity contribution in [2.75, 3.05) is 19.8 Å². The number of hydrogen-bond acceptors (Lipinski definition) is 3. The minimum absolute atomic E-state index is 0.226. The van der Waals surface area contributed by atoms with Gasteiger partial charge in [0.1, 0.15) is 12.4 Å². The molecule has 1 aromatic carbocycles. The van der Waals surface area contributed by atoms with Gasteiger partial charge >= 0.3 is 0 Å². The second-order valence-corrected chi connectivity index (χ2v) is 4.90. The molecule has 2 unspecified atom stereocenters. The second kappa shape index (κ2) is 6.76. The van der Waals surface area contributed by atoms with Gasteiger partial charge in [0.05, 0.1) is 12.7 Å². The number of aryl methyl sites for hydroxylation is 1. The third-order valence-electron chi connectivity index (χ3n) is 3.39. The highest BCUT2D eigenvalue weighted by atomic mass is 16.5. The normalized spacial score (nSPS) is 20.9. The maximum absolute atomic E-state index is 9.94. The van der Waals surface area contributed by atoms with E-state index < -0.39 is 6.10 Å². The van der Waals surface area contributed by atoms with Crippen molar-refractivity contribution in [1.82, 2.24) is 0 Å². The molecule has 2 rings (SSSR count). The first-order valence-corrected chi connectivity index (χ1v) is 6.77. The van der Waals surface area contributed by atoms with Crippen molar-refractivity contribution in [2.24, 2.45) is 5.92 Å². The molecule has 0 amide bonds. The van der Waals surface area contributed by atoms with Crippen LogP contribution < -0.4 is 4.74 Å². The molecule has 2 atom stereocenters. The van der Waals surface area contributed by atoms with E-state index in [2.05, 4.69) is 19.1 Å². The Morgan fingerprint density at radius 3 is 2.78 bits per heavy atom. The van der Waals surface area contributed by atoms with E-state index >= 15 is 0 Å². The molecule has 3 heteroatoms. The minimum atomic E-state index is -0.428. The molecule has 0 aromatic heterocycles. The fourth-order valence-electron chi connectivity index (χ4n) is 2.21. The van der Waals surface area contributed by atoms with Crippen molar-refractivity contribution in [3.8, 4) is 5.75 Å². The number of ether oxygens (including phenoxy) is 2. The molecular weight excluding hydrogens is 228 g/mol. The van der Waals surface area contributed by atoms with Crippen LogP contribution >= 0.6 is 0 Å². The van der Waals surface area contributed by atoms with Crippen molar-refractivity contribution in [2.45, 2.75) is 32.3 Å². The predicted molar refractivity (Wildman–Crippen MR) is 70.9 cm³/mol. The summed E-state index contributed by atoms with van der Waals surface area (Å²) in [5, 5.41) is 9.94. The summed E-state index contributed by atoms with van der Waals surface area (Å²) in [6.45, 7) is 3.93. The summed E-state index contributed by atoms with van der Waals surface area (Å²) in [5.41, 5.74) is 1.33. The standard InChI is InChI=1S/C15H22O3/c1-2-3-12-4-6-14(7-5-12)18-11-15(16)13-8-9-17-10-13/h4-7,13,15-16H,2-3,8-11H2,1H3. The zero-order valence-corrected chi connectivity index (χ0v) is 11.0. The summed E-state index contributed by atoms with van der Waals surface area (Å²) in [6.07, 6.45) is 2.76.